The number of fused-ring (bicyclic) bond motifs is 1. The Balaban J connectivity index is 1.01. The highest BCUT2D eigenvalue weighted by molar-refractivity contribution is 7.22. The number of carbonyl (C=O) groups is 1. The van der Waals surface area contributed by atoms with Gasteiger partial charge in [0.25, 0.3) is 0 Å². The van der Waals surface area contributed by atoms with Crippen LogP contribution >= 0.6 is 11.3 Å². The fourth-order valence-electron chi connectivity index (χ4n) is 6.49. The number of aromatic nitrogens is 1. The molecule has 1 aliphatic carbocycles. The monoisotopic (exact) mass is 505 g/mol. The first-order valence-electron chi connectivity index (χ1n) is 13.0. The summed E-state index contributed by atoms with van der Waals surface area (Å²) in [7, 11) is 1.69. The smallest absolute Gasteiger partial charge is 0.318 e. The zero-order valence-corrected chi connectivity index (χ0v) is 22.1. The van der Waals surface area contributed by atoms with Crippen molar-refractivity contribution < 1.29 is 9.53 Å². The van der Waals surface area contributed by atoms with Gasteiger partial charge in [0.1, 0.15) is 5.75 Å². The molecule has 3 heterocycles. The van der Waals surface area contributed by atoms with Crippen LogP contribution in [0.3, 0.4) is 0 Å². The molecule has 2 amide bonds. The third kappa shape index (κ3) is 4.41. The molecule has 3 aliphatic rings. The second-order valence-corrected chi connectivity index (χ2v) is 12.0. The number of urea groups is 1. The number of rotatable bonds is 5. The number of benzene rings is 2. The van der Waals surface area contributed by atoms with E-state index in [9.17, 15) is 4.79 Å². The van der Waals surface area contributed by atoms with Gasteiger partial charge in [0, 0.05) is 50.8 Å². The number of methoxy groups -OCH3 is 1. The minimum absolute atomic E-state index is 0.0870. The molecule has 0 bridgehead atoms. The van der Waals surface area contributed by atoms with Crippen LogP contribution in [0.25, 0.3) is 10.2 Å². The Hall–Kier alpha value is -2.84. The lowest BCUT2D eigenvalue weighted by Gasteiger charge is -2.59. The number of likely N-dealkylation sites (tertiary alicyclic amines) is 1. The number of thiazole rings is 1. The zero-order chi connectivity index (χ0) is 24.9. The molecule has 2 aromatic carbocycles. The van der Waals surface area contributed by atoms with Crippen LogP contribution in [0, 0.1) is 5.41 Å². The second kappa shape index (κ2) is 9.23. The second-order valence-electron chi connectivity index (χ2n) is 11.0. The number of anilines is 1. The molecule has 3 aromatic rings. The number of hydrogen-bond donors (Lipinski definition) is 1. The van der Waals surface area contributed by atoms with Crippen LogP contribution in [0.2, 0.25) is 0 Å². The number of amides is 2. The minimum atomic E-state index is 0.0870. The van der Waals surface area contributed by atoms with Crippen molar-refractivity contribution in [2.45, 2.75) is 51.4 Å². The van der Waals surface area contributed by atoms with E-state index >= 15 is 0 Å². The van der Waals surface area contributed by atoms with Crippen LogP contribution in [0.4, 0.5) is 9.93 Å². The van der Waals surface area contributed by atoms with Gasteiger partial charge in [-0.1, -0.05) is 41.7 Å². The van der Waals surface area contributed by atoms with Gasteiger partial charge in [-0.2, -0.15) is 0 Å². The Labute approximate surface area is 217 Å². The van der Waals surface area contributed by atoms with Crippen molar-refractivity contribution in [2.75, 3.05) is 38.2 Å². The van der Waals surface area contributed by atoms with Crippen molar-refractivity contribution in [1.82, 2.24) is 20.1 Å². The fourth-order valence-corrected chi connectivity index (χ4v) is 7.50. The summed E-state index contributed by atoms with van der Waals surface area (Å²) in [5.74, 6) is 0.851. The van der Waals surface area contributed by atoms with Crippen LogP contribution in [0.5, 0.6) is 5.75 Å². The lowest BCUT2D eigenvalue weighted by molar-refractivity contribution is -0.0812. The topological polar surface area (TPSA) is 60.9 Å². The molecule has 190 valence electrons. The van der Waals surface area contributed by atoms with E-state index in [0.717, 1.165) is 66.7 Å². The molecule has 2 atom stereocenters. The summed E-state index contributed by atoms with van der Waals surface area (Å²) in [4.78, 5) is 25.0. The highest BCUT2D eigenvalue weighted by Crippen LogP contribution is 2.48. The van der Waals surface area contributed by atoms with E-state index in [1.807, 2.05) is 23.1 Å². The summed E-state index contributed by atoms with van der Waals surface area (Å²) < 4.78 is 6.49. The summed E-state index contributed by atoms with van der Waals surface area (Å²) in [5.41, 5.74) is 2.79. The van der Waals surface area contributed by atoms with Crippen LogP contribution in [0.15, 0.2) is 48.5 Å². The average Bonchev–Trinajstić information content (AvgIpc) is 3.25. The maximum absolute atomic E-state index is 13.3. The van der Waals surface area contributed by atoms with Crippen molar-refractivity contribution in [3.8, 4) is 5.75 Å². The quantitative estimate of drug-likeness (QED) is 0.550. The molecular formula is C28H35N5O2S. The Bertz CT molecular complexity index is 1220. The SMILES string of the molecule is COc1ccc2nc(N3C[C@@H](C)N(C(=O)NC4CC5(C4)CN(Cc4ccccc4)C5)[C@H](C)C3)sc2c1. The molecule has 0 radical (unpaired) electrons. The lowest BCUT2D eigenvalue weighted by atomic mass is 9.60. The first-order valence-corrected chi connectivity index (χ1v) is 13.8. The number of nitrogens with zero attached hydrogens (tertiary/aromatic N) is 4. The molecule has 3 fully saturated rings. The maximum Gasteiger partial charge on any atom is 0.318 e. The number of nitrogens with one attached hydrogen (secondary N) is 1. The molecule has 2 aliphatic heterocycles. The minimum Gasteiger partial charge on any atom is -0.497 e. The van der Waals surface area contributed by atoms with E-state index in [0.29, 0.717) is 11.5 Å². The molecule has 6 rings (SSSR count). The van der Waals surface area contributed by atoms with E-state index in [1.54, 1.807) is 18.4 Å². The van der Waals surface area contributed by atoms with Crippen LogP contribution < -0.4 is 15.0 Å². The Morgan fingerprint density at radius 2 is 1.83 bits per heavy atom. The lowest BCUT2D eigenvalue weighted by Crippen LogP contribution is -2.68. The summed E-state index contributed by atoms with van der Waals surface area (Å²) in [6.07, 6.45) is 2.20. The summed E-state index contributed by atoms with van der Waals surface area (Å²) in [6.45, 7) is 9.20. The molecule has 2 saturated heterocycles. The van der Waals surface area contributed by atoms with E-state index in [-0.39, 0.29) is 18.1 Å². The van der Waals surface area contributed by atoms with Gasteiger partial charge < -0.3 is 19.9 Å². The Morgan fingerprint density at radius 1 is 1.11 bits per heavy atom. The molecule has 7 nitrogen and oxygen atoms in total. The molecule has 0 unspecified atom stereocenters. The van der Waals surface area contributed by atoms with Crippen molar-refractivity contribution >= 4 is 32.7 Å². The third-order valence-electron chi connectivity index (χ3n) is 8.06. The van der Waals surface area contributed by atoms with E-state index in [2.05, 4.69) is 59.3 Å². The van der Waals surface area contributed by atoms with E-state index in [1.165, 1.54) is 5.56 Å². The van der Waals surface area contributed by atoms with Gasteiger partial charge in [0.15, 0.2) is 5.13 Å². The number of piperazine rings is 1. The first kappa shape index (κ1) is 23.6. The molecule has 1 N–H and O–H groups in total. The van der Waals surface area contributed by atoms with Gasteiger partial charge >= 0.3 is 6.03 Å². The molecular weight excluding hydrogens is 470 g/mol. The van der Waals surface area contributed by atoms with Gasteiger partial charge in [-0.25, -0.2) is 9.78 Å². The largest absolute Gasteiger partial charge is 0.497 e. The summed E-state index contributed by atoms with van der Waals surface area (Å²) >= 11 is 1.69. The van der Waals surface area contributed by atoms with Gasteiger partial charge in [-0.05, 0) is 55.9 Å². The average molecular weight is 506 g/mol. The summed E-state index contributed by atoms with van der Waals surface area (Å²) in [5, 5.41) is 4.36. The molecule has 8 heteroatoms. The normalized spacial score (nSPS) is 24.0. The van der Waals surface area contributed by atoms with Crippen LogP contribution in [-0.4, -0.2) is 72.2 Å². The number of hydrogen-bond acceptors (Lipinski definition) is 6. The van der Waals surface area contributed by atoms with Crippen molar-refractivity contribution in [3.05, 3.63) is 54.1 Å². The highest BCUT2D eigenvalue weighted by atomic mass is 32.1. The molecule has 1 saturated carbocycles. The predicted molar refractivity (Wildman–Crippen MR) is 145 cm³/mol. The predicted octanol–water partition coefficient (Wildman–Crippen LogP) is 4.58. The standard InChI is InChI=1S/C28H35N5O2S/c1-19-14-32(27-30-24-10-9-23(35-3)11-25(24)36-27)15-20(2)33(19)26(34)29-22-12-28(13-22)17-31(18-28)16-21-7-5-4-6-8-21/h4-11,19-20,22H,12-18H2,1-3H3,(H,29,34)/t19-,20-/m1/s1. The van der Waals surface area contributed by atoms with Gasteiger partial charge in [-0.3, -0.25) is 4.90 Å². The molecule has 36 heavy (non-hydrogen) atoms. The van der Waals surface area contributed by atoms with Crippen molar-refractivity contribution in [3.63, 3.8) is 0 Å². The summed E-state index contributed by atoms with van der Waals surface area (Å²) in [6, 6.07) is 17.3. The third-order valence-corrected chi connectivity index (χ3v) is 9.14. The van der Waals surface area contributed by atoms with Gasteiger partial charge in [0.2, 0.25) is 0 Å². The van der Waals surface area contributed by atoms with Crippen molar-refractivity contribution in [2.24, 2.45) is 5.41 Å². The van der Waals surface area contributed by atoms with E-state index in [4.69, 9.17) is 9.72 Å². The van der Waals surface area contributed by atoms with E-state index < -0.39 is 0 Å². The highest BCUT2D eigenvalue weighted by Gasteiger charge is 2.52. The zero-order valence-electron chi connectivity index (χ0n) is 21.3. The van der Waals surface area contributed by atoms with Gasteiger partial charge in [-0.15, -0.1) is 0 Å². The Morgan fingerprint density at radius 3 is 2.53 bits per heavy atom. The van der Waals surface area contributed by atoms with Crippen LogP contribution in [0.1, 0.15) is 32.3 Å². The van der Waals surface area contributed by atoms with Crippen LogP contribution in [-0.2, 0) is 6.54 Å². The van der Waals surface area contributed by atoms with Crippen molar-refractivity contribution in [1.29, 1.82) is 0 Å². The Kier molecular flexibility index (Phi) is 6.04. The molecule has 1 aromatic heterocycles. The fraction of sp³-hybridized carbons (Fsp3) is 0.500. The first-order chi connectivity index (χ1) is 17.4. The number of carbonyl (C=O) groups excluding carboxylic acids is 1. The molecule has 1 spiro atoms. The number of ether oxygens (including phenoxy) is 1. The maximum atomic E-state index is 13.3. The van der Waals surface area contributed by atoms with Gasteiger partial charge in [0.05, 0.1) is 17.3 Å².